The summed E-state index contributed by atoms with van der Waals surface area (Å²) >= 11 is 0. The number of nitrogens with zero attached hydrogens (tertiary/aromatic N) is 1. The molecule has 0 saturated heterocycles. The molecule has 2 fully saturated rings. The van der Waals surface area contributed by atoms with Crippen LogP contribution in [0.2, 0.25) is 0 Å². The van der Waals surface area contributed by atoms with Crippen LogP contribution in [0.1, 0.15) is 45.6 Å². The van der Waals surface area contributed by atoms with E-state index in [1.54, 1.807) is 0 Å². The molecule has 0 amide bonds. The van der Waals surface area contributed by atoms with E-state index in [1.807, 2.05) is 18.2 Å². The van der Waals surface area contributed by atoms with Crippen LogP contribution >= 0.6 is 0 Å². The highest BCUT2D eigenvalue weighted by Gasteiger charge is 2.61. The van der Waals surface area contributed by atoms with E-state index in [0.717, 1.165) is 18.9 Å². The third-order valence-corrected chi connectivity index (χ3v) is 7.34. The van der Waals surface area contributed by atoms with E-state index in [0.29, 0.717) is 25.1 Å². The molecule has 0 aliphatic heterocycles. The van der Waals surface area contributed by atoms with Crippen LogP contribution in [0.25, 0.3) is 0 Å². The molecule has 1 aromatic rings. The largest absolute Gasteiger partial charge is 0.395 e. The second-order valence-electron chi connectivity index (χ2n) is 9.03. The van der Waals surface area contributed by atoms with Crippen LogP contribution in [0.15, 0.2) is 30.3 Å². The number of benzene rings is 1. The fourth-order valence-corrected chi connectivity index (χ4v) is 5.18. The second-order valence-corrected chi connectivity index (χ2v) is 9.03. The van der Waals surface area contributed by atoms with E-state index in [1.165, 1.54) is 18.4 Å². The molecule has 2 N–H and O–H groups in total. The van der Waals surface area contributed by atoms with Crippen LogP contribution in [0.4, 0.5) is 0 Å². The summed E-state index contributed by atoms with van der Waals surface area (Å²) in [5.74, 6) is 0.749. The molecule has 2 bridgehead atoms. The Balaban J connectivity index is 1.50. The number of rotatable bonds is 9. The molecule has 2 aliphatic rings. The van der Waals surface area contributed by atoms with Gasteiger partial charge in [-0.05, 0) is 41.6 Å². The zero-order valence-electron chi connectivity index (χ0n) is 16.5. The minimum Gasteiger partial charge on any atom is -0.395 e. The van der Waals surface area contributed by atoms with Crippen LogP contribution in [0, 0.1) is 16.7 Å². The fraction of sp³-hybridized carbons (Fsp3) is 0.727. The Bertz CT molecular complexity index is 576. The third-order valence-electron chi connectivity index (χ3n) is 7.34. The van der Waals surface area contributed by atoms with Gasteiger partial charge >= 0.3 is 0 Å². The van der Waals surface area contributed by atoms with E-state index < -0.39 is 6.10 Å². The molecule has 2 aliphatic carbocycles. The van der Waals surface area contributed by atoms with Crippen LogP contribution in [-0.4, -0.2) is 53.6 Å². The average molecular weight is 362 g/mol. The lowest BCUT2D eigenvalue weighted by atomic mass is 9.70. The van der Waals surface area contributed by atoms with Crippen molar-refractivity contribution in [1.29, 1.82) is 0 Å². The predicted octanol–water partition coefficient (Wildman–Crippen LogP) is 3.07. The number of fused-ring (bicyclic) bond motifs is 2. The normalized spacial score (nSPS) is 30.8. The maximum Gasteiger partial charge on any atom is 0.0900 e. The molecular weight excluding hydrogens is 326 g/mol. The fourth-order valence-electron chi connectivity index (χ4n) is 5.18. The van der Waals surface area contributed by atoms with Gasteiger partial charge in [-0.3, -0.25) is 4.90 Å². The summed E-state index contributed by atoms with van der Waals surface area (Å²) in [6.45, 7) is 9.41. The number of hydrogen-bond acceptors (Lipinski definition) is 4. The van der Waals surface area contributed by atoms with Gasteiger partial charge in [0.1, 0.15) is 0 Å². The Morgan fingerprint density at radius 2 is 1.96 bits per heavy atom. The Morgan fingerprint density at radius 3 is 2.54 bits per heavy atom. The molecule has 4 heteroatoms. The lowest BCUT2D eigenvalue weighted by Crippen LogP contribution is -2.41. The number of aliphatic hydroxyl groups excluding tert-OH is 2. The van der Waals surface area contributed by atoms with Crippen molar-refractivity contribution in [3.05, 3.63) is 35.9 Å². The molecular formula is C22H35NO3. The van der Waals surface area contributed by atoms with Crippen molar-refractivity contribution >= 4 is 0 Å². The molecule has 3 rings (SSSR count). The lowest BCUT2D eigenvalue weighted by molar-refractivity contribution is -0.0800. The minimum absolute atomic E-state index is 0.0942. The predicted molar refractivity (Wildman–Crippen MR) is 104 cm³/mol. The molecule has 26 heavy (non-hydrogen) atoms. The molecule has 146 valence electrons. The Labute approximate surface area is 158 Å². The highest BCUT2D eigenvalue weighted by atomic mass is 16.5. The summed E-state index contributed by atoms with van der Waals surface area (Å²) in [7, 11) is 0. The molecule has 1 aromatic carbocycles. The van der Waals surface area contributed by atoms with Crippen LogP contribution < -0.4 is 0 Å². The molecule has 0 aromatic heterocycles. The van der Waals surface area contributed by atoms with Crippen molar-refractivity contribution in [3.63, 3.8) is 0 Å². The summed E-state index contributed by atoms with van der Waals surface area (Å²) in [4.78, 5) is 2.09. The standard InChI is InChI=1S/C22H35NO3/c1-21(2)18-9-10-22(21,3)20(13-18)26-16-19(25)15-23(11-12-24)14-17-7-5-4-6-8-17/h4-8,18-20,24-25H,9-16H2,1-3H3/t18-,19+,20+,22-/m0/s1. The SMILES string of the molecule is CC1(C)[C@H]2CC[C@@]1(C)[C@H](OC[C@H](O)CN(CCO)Cc1ccccc1)C2. The first-order valence-corrected chi connectivity index (χ1v) is 10.0. The van der Waals surface area contributed by atoms with Gasteiger partial charge in [0, 0.05) is 19.6 Å². The maximum absolute atomic E-state index is 10.5. The first-order chi connectivity index (χ1) is 12.4. The van der Waals surface area contributed by atoms with Gasteiger partial charge in [-0.25, -0.2) is 0 Å². The first kappa shape index (κ1) is 19.8. The van der Waals surface area contributed by atoms with Gasteiger partial charge < -0.3 is 14.9 Å². The molecule has 0 heterocycles. The molecule has 2 saturated carbocycles. The van der Waals surface area contributed by atoms with Crippen LogP contribution in [0.3, 0.4) is 0 Å². The quantitative estimate of drug-likeness (QED) is 0.710. The zero-order chi connectivity index (χ0) is 18.8. The van der Waals surface area contributed by atoms with E-state index >= 15 is 0 Å². The molecule has 0 radical (unpaired) electrons. The van der Waals surface area contributed by atoms with Gasteiger partial charge in [-0.2, -0.15) is 0 Å². The monoisotopic (exact) mass is 361 g/mol. The van der Waals surface area contributed by atoms with Crippen molar-refractivity contribution in [2.24, 2.45) is 16.7 Å². The van der Waals surface area contributed by atoms with Gasteiger partial charge in [-0.1, -0.05) is 51.1 Å². The summed E-state index contributed by atoms with van der Waals surface area (Å²) in [5.41, 5.74) is 1.75. The topological polar surface area (TPSA) is 52.9 Å². The van der Waals surface area contributed by atoms with Crippen molar-refractivity contribution in [2.45, 2.75) is 58.8 Å². The van der Waals surface area contributed by atoms with Crippen LogP contribution in [-0.2, 0) is 11.3 Å². The second kappa shape index (κ2) is 7.97. The summed E-state index contributed by atoms with van der Waals surface area (Å²) in [6.07, 6.45) is 3.40. The van der Waals surface area contributed by atoms with Gasteiger partial charge in [0.15, 0.2) is 0 Å². The van der Waals surface area contributed by atoms with Crippen molar-refractivity contribution in [1.82, 2.24) is 4.90 Å². The van der Waals surface area contributed by atoms with Crippen molar-refractivity contribution in [3.8, 4) is 0 Å². The van der Waals surface area contributed by atoms with Gasteiger partial charge in [0.2, 0.25) is 0 Å². The maximum atomic E-state index is 10.5. The summed E-state index contributed by atoms with van der Waals surface area (Å²) in [5, 5.41) is 19.9. The first-order valence-electron chi connectivity index (χ1n) is 10.0. The lowest BCUT2D eigenvalue weighted by Gasteiger charge is -2.39. The van der Waals surface area contributed by atoms with Crippen molar-refractivity contribution < 1.29 is 14.9 Å². The van der Waals surface area contributed by atoms with Crippen molar-refractivity contribution in [2.75, 3.05) is 26.3 Å². The van der Waals surface area contributed by atoms with E-state index in [-0.39, 0.29) is 18.1 Å². The zero-order valence-corrected chi connectivity index (χ0v) is 16.5. The Hall–Kier alpha value is -0.940. The Morgan fingerprint density at radius 1 is 1.23 bits per heavy atom. The minimum atomic E-state index is -0.531. The van der Waals surface area contributed by atoms with Gasteiger partial charge in [-0.15, -0.1) is 0 Å². The number of hydrogen-bond donors (Lipinski definition) is 2. The third kappa shape index (κ3) is 3.84. The molecule has 4 atom stereocenters. The highest BCUT2D eigenvalue weighted by Crippen LogP contribution is 2.66. The summed E-state index contributed by atoms with van der Waals surface area (Å²) in [6, 6.07) is 10.2. The number of aliphatic hydroxyl groups is 2. The molecule has 0 spiro atoms. The molecule has 0 unspecified atom stereocenters. The highest BCUT2D eigenvalue weighted by molar-refractivity contribution is 5.14. The Kier molecular flexibility index (Phi) is 6.07. The van der Waals surface area contributed by atoms with E-state index in [4.69, 9.17) is 4.74 Å². The van der Waals surface area contributed by atoms with Gasteiger partial charge in [0.25, 0.3) is 0 Å². The van der Waals surface area contributed by atoms with E-state index in [2.05, 4.69) is 37.8 Å². The van der Waals surface area contributed by atoms with Crippen LogP contribution in [0.5, 0.6) is 0 Å². The average Bonchev–Trinajstić information content (AvgIpc) is 2.94. The van der Waals surface area contributed by atoms with Gasteiger partial charge in [0.05, 0.1) is 25.4 Å². The number of ether oxygens (including phenoxy) is 1. The summed E-state index contributed by atoms with van der Waals surface area (Å²) < 4.78 is 6.23. The molecule has 4 nitrogen and oxygen atoms in total. The van der Waals surface area contributed by atoms with E-state index in [9.17, 15) is 10.2 Å². The smallest absolute Gasteiger partial charge is 0.0900 e.